The van der Waals surface area contributed by atoms with E-state index in [9.17, 15) is 4.79 Å². The minimum atomic E-state index is -1.09. The molecule has 1 aromatic heterocycles. The Bertz CT molecular complexity index is 647. The highest BCUT2D eigenvalue weighted by Gasteiger charge is 2.16. The van der Waals surface area contributed by atoms with E-state index in [0.29, 0.717) is 10.8 Å². The lowest BCUT2D eigenvalue weighted by Crippen LogP contribution is -2.10. The number of halogens is 2. The molecule has 0 radical (unpaired) electrons. The fourth-order valence-corrected chi connectivity index (χ4v) is 2.37. The Hall–Kier alpha value is -1.78. The van der Waals surface area contributed by atoms with Crippen LogP contribution in [0.4, 0.5) is 5.82 Å². The van der Waals surface area contributed by atoms with E-state index >= 15 is 0 Å². The first-order valence-electron chi connectivity index (χ1n) is 5.89. The van der Waals surface area contributed by atoms with E-state index < -0.39 is 5.97 Å². The van der Waals surface area contributed by atoms with Gasteiger partial charge >= 0.3 is 5.97 Å². The molecule has 0 saturated carbocycles. The van der Waals surface area contributed by atoms with Gasteiger partial charge in [0.15, 0.2) is 0 Å². The van der Waals surface area contributed by atoms with Gasteiger partial charge in [-0.3, -0.25) is 0 Å². The molecule has 6 heteroatoms. The maximum atomic E-state index is 11.0. The summed E-state index contributed by atoms with van der Waals surface area (Å²) in [7, 11) is 0. The first-order valence-corrected chi connectivity index (χ1v) is 6.65. The van der Waals surface area contributed by atoms with Crippen molar-refractivity contribution in [3.8, 4) is 0 Å². The van der Waals surface area contributed by atoms with E-state index in [4.69, 9.17) is 28.3 Å². The summed E-state index contributed by atoms with van der Waals surface area (Å²) in [6.07, 6.45) is 1.40. The highest BCUT2D eigenvalue weighted by atomic mass is 35.5. The molecule has 2 aromatic rings. The van der Waals surface area contributed by atoms with Crippen LogP contribution in [-0.2, 0) is 0 Å². The molecule has 2 rings (SSSR count). The van der Waals surface area contributed by atoms with Gasteiger partial charge in [0.25, 0.3) is 0 Å². The van der Waals surface area contributed by atoms with Crippen LogP contribution in [-0.4, -0.2) is 16.1 Å². The van der Waals surface area contributed by atoms with E-state index in [1.807, 2.05) is 25.1 Å². The Morgan fingerprint density at radius 3 is 2.65 bits per heavy atom. The molecule has 104 valence electrons. The van der Waals surface area contributed by atoms with Gasteiger partial charge in [-0.05, 0) is 24.6 Å². The van der Waals surface area contributed by atoms with Crippen molar-refractivity contribution in [1.29, 1.82) is 0 Å². The Morgan fingerprint density at radius 1 is 1.30 bits per heavy atom. The van der Waals surface area contributed by atoms with Crippen LogP contribution < -0.4 is 5.32 Å². The van der Waals surface area contributed by atoms with Crippen LogP contribution in [0.3, 0.4) is 0 Å². The lowest BCUT2D eigenvalue weighted by atomic mass is 10.1. The lowest BCUT2D eigenvalue weighted by molar-refractivity contribution is 0.0697. The molecular formula is C14H12Cl2N2O2. The van der Waals surface area contributed by atoms with Gasteiger partial charge < -0.3 is 10.4 Å². The molecule has 0 aliphatic heterocycles. The number of carboxylic acids is 1. The molecule has 1 unspecified atom stereocenters. The van der Waals surface area contributed by atoms with Gasteiger partial charge in [0.1, 0.15) is 5.82 Å². The molecule has 2 N–H and O–H groups in total. The molecule has 0 amide bonds. The minimum absolute atomic E-state index is 0.00975. The average molecular weight is 311 g/mol. The minimum Gasteiger partial charge on any atom is -0.478 e. The highest BCUT2D eigenvalue weighted by Crippen LogP contribution is 2.29. The van der Waals surface area contributed by atoms with Gasteiger partial charge in [-0.2, -0.15) is 0 Å². The van der Waals surface area contributed by atoms with Gasteiger partial charge in [-0.15, -0.1) is 0 Å². The van der Waals surface area contributed by atoms with Gasteiger partial charge in [-0.1, -0.05) is 41.4 Å². The number of rotatable bonds is 4. The summed E-state index contributed by atoms with van der Waals surface area (Å²) in [6.45, 7) is 1.90. The molecule has 0 spiro atoms. The van der Waals surface area contributed by atoms with Crippen LogP contribution in [0.2, 0.25) is 10.0 Å². The van der Waals surface area contributed by atoms with Gasteiger partial charge in [0.05, 0.1) is 16.6 Å². The van der Waals surface area contributed by atoms with Gasteiger partial charge in [0, 0.05) is 11.2 Å². The SMILES string of the molecule is CC(Nc1nccc(C(=O)O)c1Cl)c1ccccc1Cl. The summed E-state index contributed by atoms with van der Waals surface area (Å²) in [6, 6.07) is 8.59. The van der Waals surface area contributed by atoms with Crippen LogP contribution in [0.25, 0.3) is 0 Å². The quantitative estimate of drug-likeness (QED) is 0.885. The Labute approximate surface area is 126 Å². The molecule has 1 atom stereocenters. The van der Waals surface area contributed by atoms with Crippen molar-refractivity contribution in [3.63, 3.8) is 0 Å². The largest absolute Gasteiger partial charge is 0.478 e. The molecule has 20 heavy (non-hydrogen) atoms. The number of hydrogen-bond acceptors (Lipinski definition) is 3. The number of benzene rings is 1. The molecule has 0 fully saturated rings. The van der Waals surface area contributed by atoms with Crippen LogP contribution in [0.15, 0.2) is 36.5 Å². The van der Waals surface area contributed by atoms with E-state index in [1.54, 1.807) is 6.07 Å². The summed E-state index contributed by atoms with van der Waals surface area (Å²) < 4.78 is 0. The van der Waals surface area contributed by atoms with Gasteiger partial charge in [-0.25, -0.2) is 9.78 Å². The normalized spacial score (nSPS) is 11.9. The third kappa shape index (κ3) is 3.03. The fourth-order valence-electron chi connectivity index (χ4n) is 1.82. The monoisotopic (exact) mass is 310 g/mol. The Balaban J connectivity index is 2.29. The zero-order valence-corrected chi connectivity index (χ0v) is 12.1. The van der Waals surface area contributed by atoms with Crippen molar-refractivity contribution in [2.45, 2.75) is 13.0 Å². The number of pyridine rings is 1. The molecule has 4 nitrogen and oxygen atoms in total. The second-order valence-corrected chi connectivity index (χ2v) is 5.00. The maximum Gasteiger partial charge on any atom is 0.337 e. The van der Waals surface area contributed by atoms with E-state index in [0.717, 1.165) is 5.56 Å². The standard InChI is InChI=1S/C14H12Cl2N2O2/c1-8(9-4-2-3-5-11(9)15)18-13-12(16)10(14(19)20)6-7-17-13/h2-8H,1H3,(H,17,18)(H,19,20). The summed E-state index contributed by atoms with van der Waals surface area (Å²) in [5, 5.41) is 12.8. The Morgan fingerprint density at radius 2 is 2.00 bits per heavy atom. The third-order valence-corrected chi connectivity index (χ3v) is 3.57. The first kappa shape index (κ1) is 14.6. The number of aromatic nitrogens is 1. The first-order chi connectivity index (χ1) is 9.50. The number of hydrogen-bond donors (Lipinski definition) is 2. The number of aromatic carboxylic acids is 1. The number of nitrogens with one attached hydrogen (secondary N) is 1. The second-order valence-electron chi connectivity index (χ2n) is 4.21. The third-order valence-electron chi connectivity index (χ3n) is 2.84. The molecule has 0 aliphatic carbocycles. The van der Waals surface area contributed by atoms with Gasteiger partial charge in [0.2, 0.25) is 0 Å². The Kier molecular flexibility index (Phi) is 4.47. The molecular weight excluding hydrogens is 299 g/mol. The number of nitrogens with zero attached hydrogens (tertiary/aromatic N) is 1. The van der Waals surface area contributed by atoms with Crippen LogP contribution in [0, 0.1) is 0 Å². The predicted octanol–water partition coefficient (Wildman–Crippen LogP) is 4.26. The van der Waals surface area contributed by atoms with Crippen LogP contribution >= 0.6 is 23.2 Å². The number of carbonyl (C=O) groups is 1. The topological polar surface area (TPSA) is 62.2 Å². The highest BCUT2D eigenvalue weighted by molar-refractivity contribution is 6.35. The van der Waals surface area contributed by atoms with Crippen molar-refractivity contribution < 1.29 is 9.90 Å². The summed E-state index contributed by atoms with van der Waals surface area (Å²) in [4.78, 5) is 15.1. The predicted molar refractivity (Wildman–Crippen MR) is 79.7 cm³/mol. The van der Waals surface area contributed by atoms with Crippen molar-refractivity contribution in [3.05, 3.63) is 57.7 Å². The zero-order chi connectivity index (χ0) is 14.7. The van der Waals surface area contributed by atoms with Crippen LogP contribution in [0.1, 0.15) is 28.9 Å². The number of anilines is 1. The van der Waals surface area contributed by atoms with Crippen LogP contribution in [0.5, 0.6) is 0 Å². The average Bonchev–Trinajstić information content (AvgIpc) is 2.41. The zero-order valence-electron chi connectivity index (χ0n) is 10.6. The molecule has 1 aromatic carbocycles. The van der Waals surface area contributed by atoms with E-state index in [1.165, 1.54) is 12.3 Å². The summed E-state index contributed by atoms with van der Waals surface area (Å²) in [5.41, 5.74) is 0.892. The molecule has 1 heterocycles. The summed E-state index contributed by atoms with van der Waals surface area (Å²) >= 11 is 12.2. The van der Waals surface area contributed by atoms with Crippen molar-refractivity contribution in [2.75, 3.05) is 5.32 Å². The molecule has 0 saturated heterocycles. The van der Waals surface area contributed by atoms with E-state index in [-0.39, 0.29) is 16.6 Å². The van der Waals surface area contributed by atoms with Crippen molar-refractivity contribution >= 4 is 35.0 Å². The lowest BCUT2D eigenvalue weighted by Gasteiger charge is -2.17. The second kappa shape index (κ2) is 6.11. The van der Waals surface area contributed by atoms with Crippen molar-refractivity contribution in [1.82, 2.24) is 4.98 Å². The van der Waals surface area contributed by atoms with Crippen molar-refractivity contribution in [2.24, 2.45) is 0 Å². The maximum absolute atomic E-state index is 11.0. The smallest absolute Gasteiger partial charge is 0.337 e. The van der Waals surface area contributed by atoms with E-state index in [2.05, 4.69) is 10.3 Å². The summed E-state index contributed by atoms with van der Waals surface area (Å²) in [5.74, 6) is -0.773. The molecule has 0 aliphatic rings. The fraction of sp³-hybridized carbons (Fsp3) is 0.143. The number of carboxylic acid groups (broad SMARTS) is 1. The molecule has 0 bridgehead atoms.